The van der Waals surface area contributed by atoms with Gasteiger partial charge in [0.25, 0.3) is 0 Å². The number of nitrogen functional groups attached to an aromatic ring is 1. The van der Waals surface area contributed by atoms with Gasteiger partial charge in [0.2, 0.25) is 0 Å². The number of aromatic nitrogens is 2. The summed E-state index contributed by atoms with van der Waals surface area (Å²) in [5, 5.41) is 12.3. The first kappa shape index (κ1) is 14.7. The molecule has 0 saturated carbocycles. The van der Waals surface area contributed by atoms with Crippen LogP contribution < -0.4 is 11.1 Å². The van der Waals surface area contributed by atoms with Gasteiger partial charge in [-0.3, -0.25) is 0 Å². The molecule has 1 aromatic heterocycles. The first-order valence-corrected chi connectivity index (χ1v) is 6.39. The third-order valence-electron chi connectivity index (χ3n) is 2.74. The minimum atomic E-state index is -0.134. The van der Waals surface area contributed by atoms with Gasteiger partial charge in [0, 0.05) is 24.1 Å². The minimum Gasteiger partial charge on any atom is -0.396 e. The van der Waals surface area contributed by atoms with E-state index in [4.69, 9.17) is 10.8 Å². The predicted molar refractivity (Wildman–Crippen MR) is 74.5 cm³/mol. The van der Waals surface area contributed by atoms with Crippen molar-refractivity contribution in [2.75, 3.05) is 17.7 Å². The average molecular weight is 252 g/mol. The summed E-state index contributed by atoms with van der Waals surface area (Å²) in [6, 6.07) is 1.94. The molecule has 0 amide bonds. The van der Waals surface area contributed by atoms with Gasteiger partial charge in [0.15, 0.2) is 0 Å². The third-order valence-corrected chi connectivity index (χ3v) is 2.74. The quantitative estimate of drug-likeness (QED) is 0.745. The van der Waals surface area contributed by atoms with Gasteiger partial charge in [0.1, 0.15) is 17.5 Å². The summed E-state index contributed by atoms with van der Waals surface area (Å²) >= 11 is 0. The molecule has 0 aromatic carbocycles. The summed E-state index contributed by atoms with van der Waals surface area (Å²) in [7, 11) is 0. The van der Waals surface area contributed by atoms with Gasteiger partial charge >= 0.3 is 0 Å². The van der Waals surface area contributed by atoms with Gasteiger partial charge in [-0.25, -0.2) is 9.97 Å². The fourth-order valence-corrected chi connectivity index (χ4v) is 1.62. The Labute approximate surface area is 109 Å². The predicted octanol–water partition coefficient (Wildman–Crippen LogP) is 1.93. The fourth-order valence-electron chi connectivity index (χ4n) is 1.62. The van der Waals surface area contributed by atoms with Crippen molar-refractivity contribution >= 4 is 11.6 Å². The minimum absolute atomic E-state index is 0.134. The maximum absolute atomic E-state index is 8.99. The van der Waals surface area contributed by atoms with Crippen LogP contribution in [0.4, 0.5) is 11.6 Å². The number of nitrogens with two attached hydrogens (primary N) is 1. The average Bonchev–Trinajstić information content (AvgIpc) is 2.26. The molecule has 1 atom stereocenters. The number of nitrogens with zero attached hydrogens (tertiary/aromatic N) is 2. The van der Waals surface area contributed by atoms with Crippen molar-refractivity contribution in [3.63, 3.8) is 0 Å². The van der Waals surface area contributed by atoms with Gasteiger partial charge in [-0.1, -0.05) is 27.7 Å². The number of anilines is 2. The first-order chi connectivity index (χ1) is 8.36. The van der Waals surface area contributed by atoms with E-state index in [1.54, 1.807) is 6.07 Å². The Morgan fingerprint density at radius 1 is 1.39 bits per heavy atom. The summed E-state index contributed by atoms with van der Waals surface area (Å²) in [4.78, 5) is 8.75. The highest BCUT2D eigenvalue weighted by atomic mass is 16.3. The Hall–Kier alpha value is -1.36. The molecular formula is C13H24N4O. The SMILES string of the molecule is CCC(CCO)Nc1cc(N)nc(C(C)(C)C)n1. The Kier molecular flexibility index (Phi) is 4.90. The Balaban J connectivity index is 2.92. The second-order valence-electron chi connectivity index (χ2n) is 5.51. The molecule has 0 bridgehead atoms. The van der Waals surface area contributed by atoms with Crippen LogP contribution in [0.2, 0.25) is 0 Å². The maximum atomic E-state index is 8.99. The number of aliphatic hydroxyl groups excluding tert-OH is 1. The molecule has 1 heterocycles. The van der Waals surface area contributed by atoms with E-state index >= 15 is 0 Å². The van der Waals surface area contributed by atoms with Crippen LogP contribution in [-0.2, 0) is 5.41 Å². The molecule has 1 unspecified atom stereocenters. The van der Waals surface area contributed by atoms with E-state index in [-0.39, 0.29) is 18.1 Å². The largest absolute Gasteiger partial charge is 0.396 e. The Bertz CT molecular complexity index is 387. The number of hydrogen-bond donors (Lipinski definition) is 3. The van der Waals surface area contributed by atoms with E-state index in [9.17, 15) is 0 Å². The Morgan fingerprint density at radius 2 is 2.06 bits per heavy atom. The molecule has 0 aliphatic heterocycles. The Morgan fingerprint density at radius 3 is 2.56 bits per heavy atom. The lowest BCUT2D eigenvalue weighted by Crippen LogP contribution is -2.23. The third kappa shape index (κ3) is 4.14. The second kappa shape index (κ2) is 6.00. The highest BCUT2D eigenvalue weighted by Gasteiger charge is 2.19. The summed E-state index contributed by atoms with van der Waals surface area (Å²) in [6.07, 6.45) is 1.63. The van der Waals surface area contributed by atoms with E-state index in [1.807, 2.05) is 0 Å². The van der Waals surface area contributed by atoms with Crippen molar-refractivity contribution in [2.45, 2.75) is 52.0 Å². The van der Waals surface area contributed by atoms with Crippen molar-refractivity contribution in [1.29, 1.82) is 0 Å². The van der Waals surface area contributed by atoms with Crippen LogP contribution in [-0.4, -0.2) is 27.7 Å². The molecule has 4 N–H and O–H groups in total. The molecule has 0 fully saturated rings. The van der Waals surface area contributed by atoms with E-state index in [2.05, 4.69) is 43.0 Å². The maximum Gasteiger partial charge on any atom is 0.138 e. The van der Waals surface area contributed by atoms with Gasteiger partial charge in [-0.05, 0) is 12.8 Å². The van der Waals surface area contributed by atoms with E-state index < -0.39 is 0 Å². The standard InChI is InChI=1S/C13H24N4O/c1-5-9(6-7-18)15-11-8-10(14)16-12(17-11)13(2,3)4/h8-9,18H,5-7H2,1-4H3,(H3,14,15,16,17). The number of hydrogen-bond acceptors (Lipinski definition) is 5. The number of rotatable bonds is 5. The topological polar surface area (TPSA) is 84.1 Å². The summed E-state index contributed by atoms with van der Waals surface area (Å²) in [5.41, 5.74) is 5.67. The van der Waals surface area contributed by atoms with Crippen LogP contribution in [0.5, 0.6) is 0 Å². The molecule has 1 aromatic rings. The summed E-state index contributed by atoms with van der Waals surface area (Å²) in [6.45, 7) is 8.39. The highest BCUT2D eigenvalue weighted by molar-refractivity contribution is 5.45. The molecule has 0 spiro atoms. The molecule has 0 radical (unpaired) electrons. The fraction of sp³-hybridized carbons (Fsp3) is 0.692. The molecule has 5 nitrogen and oxygen atoms in total. The van der Waals surface area contributed by atoms with Crippen LogP contribution in [0.3, 0.4) is 0 Å². The van der Waals surface area contributed by atoms with E-state index in [1.165, 1.54) is 0 Å². The van der Waals surface area contributed by atoms with Crippen LogP contribution in [0.1, 0.15) is 46.4 Å². The van der Waals surface area contributed by atoms with Crippen LogP contribution in [0, 0.1) is 0 Å². The zero-order valence-corrected chi connectivity index (χ0v) is 11.7. The first-order valence-electron chi connectivity index (χ1n) is 6.39. The molecular weight excluding hydrogens is 228 g/mol. The highest BCUT2D eigenvalue weighted by Crippen LogP contribution is 2.21. The molecule has 102 valence electrons. The van der Waals surface area contributed by atoms with Gasteiger partial charge in [-0.15, -0.1) is 0 Å². The van der Waals surface area contributed by atoms with Crippen molar-refractivity contribution in [3.8, 4) is 0 Å². The summed E-state index contributed by atoms with van der Waals surface area (Å²) < 4.78 is 0. The van der Waals surface area contributed by atoms with Crippen LogP contribution >= 0.6 is 0 Å². The lowest BCUT2D eigenvalue weighted by atomic mass is 9.96. The lowest BCUT2D eigenvalue weighted by Gasteiger charge is -2.20. The van der Waals surface area contributed by atoms with Crippen molar-refractivity contribution in [3.05, 3.63) is 11.9 Å². The summed E-state index contributed by atoms with van der Waals surface area (Å²) in [5.74, 6) is 1.92. The molecule has 5 heteroatoms. The molecule has 1 rings (SSSR count). The van der Waals surface area contributed by atoms with Gasteiger partial charge in [0.05, 0.1) is 0 Å². The van der Waals surface area contributed by atoms with Crippen molar-refractivity contribution in [2.24, 2.45) is 0 Å². The number of nitrogens with one attached hydrogen (secondary N) is 1. The molecule has 0 saturated heterocycles. The van der Waals surface area contributed by atoms with E-state index in [0.29, 0.717) is 12.2 Å². The van der Waals surface area contributed by atoms with Gasteiger partial charge < -0.3 is 16.2 Å². The van der Waals surface area contributed by atoms with Crippen LogP contribution in [0.15, 0.2) is 6.07 Å². The van der Waals surface area contributed by atoms with Gasteiger partial charge in [-0.2, -0.15) is 0 Å². The number of aliphatic hydroxyl groups is 1. The van der Waals surface area contributed by atoms with Crippen molar-refractivity contribution in [1.82, 2.24) is 9.97 Å². The molecule has 18 heavy (non-hydrogen) atoms. The normalized spacial score (nSPS) is 13.4. The van der Waals surface area contributed by atoms with Crippen LogP contribution in [0.25, 0.3) is 0 Å². The lowest BCUT2D eigenvalue weighted by molar-refractivity contribution is 0.278. The zero-order valence-electron chi connectivity index (χ0n) is 11.7. The zero-order chi connectivity index (χ0) is 13.8. The second-order valence-corrected chi connectivity index (χ2v) is 5.51. The smallest absolute Gasteiger partial charge is 0.138 e. The van der Waals surface area contributed by atoms with Crippen molar-refractivity contribution < 1.29 is 5.11 Å². The monoisotopic (exact) mass is 252 g/mol. The van der Waals surface area contributed by atoms with E-state index in [0.717, 1.165) is 18.1 Å². The molecule has 0 aliphatic carbocycles. The molecule has 0 aliphatic rings.